The Morgan fingerprint density at radius 1 is 0.905 bits per heavy atom. The highest BCUT2D eigenvalue weighted by Gasteiger charge is 2.20. The zero-order valence-corrected chi connectivity index (χ0v) is 14.0. The average molecular weight is 287 g/mol. The molecule has 1 aliphatic carbocycles. The first kappa shape index (κ1) is 16.4. The van der Waals surface area contributed by atoms with Crippen LogP contribution >= 0.6 is 0 Å². The summed E-state index contributed by atoms with van der Waals surface area (Å²) in [5.74, 6) is 0.999. The Morgan fingerprint density at radius 3 is 2.19 bits per heavy atom. The number of rotatable bonds is 8. The molecule has 1 aromatic carbocycles. The summed E-state index contributed by atoms with van der Waals surface area (Å²) in [6.07, 6.45) is 13.6. The van der Waals surface area contributed by atoms with Crippen LogP contribution in [0.2, 0.25) is 0 Å². The van der Waals surface area contributed by atoms with Crippen molar-refractivity contribution in [1.29, 1.82) is 0 Å². The molecule has 0 amide bonds. The summed E-state index contributed by atoms with van der Waals surface area (Å²) < 4.78 is 0. The number of anilines is 1. The Balaban J connectivity index is 1.73. The van der Waals surface area contributed by atoms with E-state index in [4.69, 9.17) is 0 Å². The minimum Gasteiger partial charge on any atom is -0.382 e. The lowest BCUT2D eigenvalue weighted by molar-refractivity contribution is 0.314. The first-order chi connectivity index (χ1) is 10.3. The van der Waals surface area contributed by atoms with Gasteiger partial charge in [0.25, 0.3) is 0 Å². The Morgan fingerprint density at radius 2 is 1.57 bits per heavy atom. The van der Waals surface area contributed by atoms with Crippen molar-refractivity contribution in [3.63, 3.8) is 0 Å². The van der Waals surface area contributed by atoms with Crippen molar-refractivity contribution in [2.24, 2.45) is 5.92 Å². The van der Waals surface area contributed by atoms with Crippen LogP contribution < -0.4 is 5.32 Å². The third-order valence-electron chi connectivity index (χ3n) is 4.96. The van der Waals surface area contributed by atoms with Crippen molar-refractivity contribution in [2.45, 2.75) is 84.1 Å². The van der Waals surface area contributed by atoms with Gasteiger partial charge in [0.05, 0.1) is 0 Å². The van der Waals surface area contributed by atoms with Gasteiger partial charge in [-0.05, 0) is 62.1 Å². The SMILES string of the molecule is CCCCc1ccc(NC2CCC(CCCC)CC2)cc1. The van der Waals surface area contributed by atoms with E-state index in [0.29, 0.717) is 6.04 Å². The number of unbranched alkanes of at least 4 members (excludes halogenated alkanes) is 2. The van der Waals surface area contributed by atoms with Crippen LogP contribution in [0.3, 0.4) is 0 Å². The second-order valence-electron chi connectivity index (χ2n) is 6.80. The van der Waals surface area contributed by atoms with Crippen LogP contribution in [0.25, 0.3) is 0 Å². The van der Waals surface area contributed by atoms with Crippen molar-refractivity contribution in [2.75, 3.05) is 5.32 Å². The molecule has 0 aromatic heterocycles. The van der Waals surface area contributed by atoms with Crippen LogP contribution in [-0.2, 0) is 6.42 Å². The van der Waals surface area contributed by atoms with Crippen LogP contribution in [0.5, 0.6) is 0 Å². The molecule has 0 saturated heterocycles. The van der Waals surface area contributed by atoms with Crippen LogP contribution in [0.1, 0.15) is 77.2 Å². The molecule has 0 atom stereocenters. The summed E-state index contributed by atoms with van der Waals surface area (Å²) in [5.41, 5.74) is 2.79. The van der Waals surface area contributed by atoms with Gasteiger partial charge in [-0.15, -0.1) is 0 Å². The maximum absolute atomic E-state index is 3.74. The smallest absolute Gasteiger partial charge is 0.0342 e. The van der Waals surface area contributed by atoms with Crippen LogP contribution in [0.4, 0.5) is 5.69 Å². The van der Waals surface area contributed by atoms with Gasteiger partial charge in [-0.1, -0.05) is 51.7 Å². The van der Waals surface area contributed by atoms with E-state index >= 15 is 0 Å². The molecule has 0 heterocycles. The molecule has 0 aliphatic heterocycles. The maximum Gasteiger partial charge on any atom is 0.0342 e. The summed E-state index contributed by atoms with van der Waals surface area (Å²) in [4.78, 5) is 0. The van der Waals surface area contributed by atoms with Crippen molar-refractivity contribution >= 4 is 5.69 Å². The Hall–Kier alpha value is -0.980. The quantitative estimate of drug-likeness (QED) is 0.601. The summed E-state index contributed by atoms with van der Waals surface area (Å²) in [6.45, 7) is 4.56. The molecule has 0 radical (unpaired) electrons. The predicted octanol–water partition coefficient (Wildman–Crippen LogP) is 6.19. The van der Waals surface area contributed by atoms with Gasteiger partial charge in [0.2, 0.25) is 0 Å². The predicted molar refractivity (Wildman–Crippen MR) is 93.9 cm³/mol. The average Bonchev–Trinajstić information content (AvgIpc) is 2.53. The molecule has 1 fully saturated rings. The Bertz CT molecular complexity index is 373. The van der Waals surface area contributed by atoms with Gasteiger partial charge in [-0.3, -0.25) is 0 Å². The van der Waals surface area contributed by atoms with Crippen LogP contribution in [0.15, 0.2) is 24.3 Å². The second kappa shape index (κ2) is 9.12. The molecular weight excluding hydrogens is 254 g/mol. The monoisotopic (exact) mass is 287 g/mol. The lowest BCUT2D eigenvalue weighted by Gasteiger charge is -2.29. The number of nitrogens with one attached hydrogen (secondary N) is 1. The molecule has 0 unspecified atom stereocenters. The standard InChI is InChI=1S/C20H33N/c1-3-5-7-17-9-13-19(14-10-17)21-20-15-11-18(12-16-20)8-6-4-2/h9-10,13-14,18,20-21H,3-8,11-12,15-16H2,1-2H3. The highest BCUT2D eigenvalue weighted by Crippen LogP contribution is 2.30. The highest BCUT2D eigenvalue weighted by molar-refractivity contribution is 5.45. The van der Waals surface area contributed by atoms with Gasteiger partial charge >= 0.3 is 0 Å². The van der Waals surface area contributed by atoms with Gasteiger partial charge < -0.3 is 5.32 Å². The third-order valence-corrected chi connectivity index (χ3v) is 4.96. The van der Waals surface area contributed by atoms with Crippen LogP contribution in [0, 0.1) is 5.92 Å². The van der Waals surface area contributed by atoms with Crippen molar-refractivity contribution < 1.29 is 0 Å². The summed E-state index contributed by atoms with van der Waals surface area (Å²) in [6, 6.07) is 9.84. The molecule has 2 rings (SSSR count). The van der Waals surface area contributed by atoms with E-state index in [1.54, 1.807) is 0 Å². The fourth-order valence-corrected chi connectivity index (χ4v) is 3.47. The van der Waals surface area contributed by atoms with E-state index in [-0.39, 0.29) is 0 Å². The van der Waals surface area contributed by atoms with Gasteiger partial charge in [0, 0.05) is 11.7 Å². The van der Waals surface area contributed by atoms with E-state index in [1.807, 2.05) is 0 Å². The van der Waals surface area contributed by atoms with Gasteiger partial charge in [0.1, 0.15) is 0 Å². The first-order valence-electron chi connectivity index (χ1n) is 9.17. The molecule has 1 saturated carbocycles. The molecule has 1 aliphatic rings. The maximum atomic E-state index is 3.74. The van der Waals surface area contributed by atoms with Crippen LogP contribution in [-0.4, -0.2) is 6.04 Å². The van der Waals surface area contributed by atoms with E-state index in [1.165, 1.54) is 75.5 Å². The topological polar surface area (TPSA) is 12.0 Å². The highest BCUT2D eigenvalue weighted by atomic mass is 14.9. The Labute approximate surface area is 131 Å². The minimum absolute atomic E-state index is 0.698. The summed E-state index contributed by atoms with van der Waals surface area (Å²) in [5, 5.41) is 3.74. The third kappa shape index (κ3) is 5.73. The molecule has 118 valence electrons. The summed E-state index contributed by atoms with van der Waals surface area (Å²) >= 11 is 0. The molecule has 0 bridgehead atoms. The summed E-state index contributed by atoms with van der Waals surface area (Å²) in [7, 11) is 0. The van der Waals surface area contributed by atoms with Gasteiger partial charge in [-0.25, -0.2) is 0 Å². The number of hydrogen-bond donors (Lipinski definition) is 1. The molecule has 1 heteroatoms. The molecule has 1 nitrogen and oxygen atoms in total. The van der Waals surface area contributed by atoms with Crippen molar-refractivity contribution in [3.05, 3.63) is 29.8 Å². The fourth-order valence-electron chi connectivity index (χ4n) is 3.47. The minimum atomic E-state index is 0.698. The first-order valence-corrected chi connectivity index (χ1v) is 9.17. The molecule has 1 N–H and O–H groups in total. The lowest BCUT2D eigenvalue weighted by atomic mass is 9.83. The van der Waals surface area contributed by atoms with E-state index in [0.717, 1.165) is 5.92 Å². The fraction of sp³-hybridized carbons (Fsp3) is 0.700. The molecule has 21 heavy (non-hydrogen) atoms. The molecule has 0 spiro atoms. The Kier molecular flexibility index (Phi) is 7.12. The molecular formula is C20H33N. The van der Waals surface area contributed by atoms with E-state index in [9.17, 15) is 0 Å². The second-order valence-corrected chi connectivity index (χ2v) is 6.80. The van der Waals surface area contributed by atoms with E-state index < -0.39 is 0 Å². The van der Waals surface area contributed by atoms with Crippen molar-refractivity contribution in [1.82, 2.24) is 0 Å². The number of hydrogen-bond acceptors (Lipinski definition) is 1. The van der Waals surface area contributed by atoms with E-state index in [2.05, 4.69) is 43.4 Å². The number of benzene rings is 1. The van der Waals surface area contributed by atoms with Gasteiger partial charge in [0.15, 0.2) is 0 Å². The molecule has 1 aromatic rings. The normalized spacial score (nSPS) is 22.2. The van der Waals surface area contributed by atoms with Crippen molar-refractivity contribution in [3.8, 4) is 0 Å². The zero-order valence-electron chi connectivity index (χ0n) is 14.0. The number of aryl methyl sites for hydroxylation is 1. The van der Waals surface area contributed by atoms with Gasteiger partial charge in [-0.2, -0.15) is 0 Å². The zero-order chi connectivity index (χ0) is 14.9. The largest absolute Gasteiger partial charge is 0.382 e. The lowest BCUT2D eigenvalue weighted by Crippen LogP contribution is -2.26.